The molecule has 0 spiro atoms. The van der Waals surface area contributed by atoms with Gasteiger partial charge < -0.3 is 21.4 Å². The standard InChI is InChI=1S/C17H23N5O2S/c1-9-7-6-8-11(10(9)2)18-15(24)13(21-22-17(3,4)5)12-14(23)20-16(25)19-12/h6-8,12,22H,1-5H3,(H,18,24)(H2,19,20,23,25)/b21-13+. The number of hydrogen-bond donors (Lipinski definition) is 4. The Kier molecular flexibility index (Phi) is 5.42. The number of hydrogen-bond acceptors (Lipinski definition) is 5. The Labute approximate surface area is 152 Å². The van der Waals surface area contributed by atoms with Crippen LogP contribution < -0.4 is 21.4 Å². The van der Waals surface area contributed by atoms with Crippen LogP contribution in [0.3, 0.4) is 0 Å². The monoisotopic (exact) mass is 361 g/mol. The van der Waals surface area contributed by atoms with Crippen LogP contribution in [0.4, 0.5) is 5.69 Å². The molecule has 2 amide bonds. The van der Waals surface area contributed by atoms with Crippen LogP contribution in [0, 0.1) is 13.8 Å². The van der Waals surface area contributed by atoms with Gasteiger partial charge in [0.05, 0.1) is 0 Å². The molecule has 8 heteroatoms. The van der Waals surface area contributed by atoms with Gasteiger partial charge >= 0.3 is 0 Å². The molecule has 1 fully saturated rings. The van der Waals surface area contributed by atoms with Gasteiger partial charge in [0.1, 0.15) is 0 Å². The highest BCUT2D eigenvalue weighted by Crippen LogP contribution is 2.18. The van der Waals surface area contributed by atoms with Crippen molar-refractivity contribution in [2.75, 3.05) is 5.32 Å². The molecule has 7 nitrogen and oxygen atoms in total. The number of amides is 2. The molecule has 1 aliphatic rings. The average Bonchev–Trinajstić information content (AvgIpc) is 2.82. The van der Waals surface area contributed by atoms with Crippen molar-refractivity contribution >= 4 is 40.5 Å². The quantitative estimate of drug-likeness (QED) is 0.369. The first-order valence-electron chi connectivity index (χ1n) is 7.92. The van der Waals surface area contributed by atoms with Crippen molar-refractivity contribution in [2.24, 2.45) is 5.10 Å². The third-order valence-corrected chi connectivity index (χ3v) is 3.86. The maximum Gasteiger partial charge on any atom is 0.274 e. The fraction of sp³-hybridized carbons (Fsp3) is 0.412. The molecule has 134 valence electrons. The second-order valence-corrected chi connectivity index (χ2v) is 7.36. The Morgan fingerprint density at radius 1 is 1.28 bits per heavy atom. The highest BCUT2D eigenvalue weighted by atomic mass is 32.1. The Balaban J connectivity index is 2.31. The van der Waals surface area contributed by atoms with Crippen LogP contribution in [0.2, 0.25) is 0 Å². The number of nitrogens with one attached hydrogen (secondary N) is 4. The number of rotatable bonds is 4. The molecule has 25 heavy (non-hydrogen) atoms. The van der Waals surface area contributed by atoms with Crippen molar-refractivity contribution in [3.8, 4) is 0 Å². The van der Waals surface area contributed by atoms with E-state index >= 15 is 0 Å². The molecule has 2 rings (SSSR count). The number of hydrazone groups is 1. The lowest BCUT2D eigenvalue weighted by atomic mass is 10.1. The van der Waals surface area contributed by atoms with Crippen molar-refractivity contribution < 1.29 is 9.59 Å². The van der Waals surface area contributed by atoms with E-state index in [1.807, 2.05) is 52.8 Å². The average molecular weight is 361 g/mol. The van der Waals surface area contributed by atoms with Crippen LogP contribution in [-0.2, 0) is 9.59 Å². The summed E-state index contributed by atoms with van der Waals surface area (Å²) in [6.45, 7) is 9.60. The van der Waals surface area contributed by atoms with Gasteiger partial charge in [-0.05, 0) is 64.0 Å². The summed E-state index contributed by atoms with van der Waals surface area (Å²) in [5.74, 6) is -0.877. The SMILES string of the molecule is Cc1cccc(NC(=O)/C(=N/NC(C)(C)C)C2NC(=S)NC2=O)c1C. The van der Waals surface area contributed by atoms with Gasteiger partial charge in [-0.1, -0.05) is 12.1 Å². The lowest BCUT2D eigenvalue weighted by Gasteiger charge is -2.20. The molecule has 1 saturated heterocycles. The largest absolute Gasteiger partial charge is 0.345 e. The molecular weight excluding hydrogens is 338 g/mol. The van der Waals surface area contributed by atoms with E-state index in [-0.39, 0.29) is 16.4 Å². The normalized spacial score (nSPS) is 17.8. The van der Waals surface area contributed by atoms with Gasteiger partial charge in [-0.2, -0.15) is 5.10 Å². The van der Waals surface area contributed by atoms with Gasteiger partial charge in [-0.3, -0.25) is 9.59 Å². The van der Waals surface area contributed by atoms with E-state index < -0.39 is 17.9 Å². The first-order valence-corrected chi connectivity index (χ1v) is 8.33. The lowest BCUT2D eigenvalue weighted by molar-refractivity contribution is -0.119. The van der Waals surface area contributed by atoms with Gasteiger partial charge in [-0.25, -0.2) is 0 Å². The third kappa shape index (κ3) is 4.76. The minimum Gasteiger partial charge on any atom is -0.345 e. The van der Waals surface area contributed by atoms with Crippen molar-refractivity contribution in [3.05, 3.63) is 29.3 Å². The maximum atomic E-state index is 12.8. The van der Waals surface area contributed by atoms with Crippen LogP contribution in [0.25, 0.3) is 0 Å². The first-order chi connectivity index (χ1) is 11.6. The molecule has 0 radical (unpaired) electrons. The van der Waals surface area contributed by atoms with Gasteiger partial charge in [0.25, 0.3) is 11.8 Å². The van der Waals surface area contributed by atoms with Crippen molar-refractivity contribution in [2.45, 2.75) is 46.2 Å². The van der Waals surface area contributed by atoms with Crippen molar-refractivity contribution in [3.63, 3.8) is 0 Å². The zero-order valence-electron chi connectivity index (χ0n) is 15.0. The Hall–Kier alpha value is -2.48. The zero-order chi connectivity index (χ0) is 18.8. The zero-order valence-corrected chi connectivity index (χ0v) is 15.8. The first kappa shape index (κ1) is 18.9. The number of thiocarbonyl (C=S) groups is 1. The molecule has 1 heterocycles. The number of nitrogens with zero attached hydrogens (tertiary/aromatic N) is 1. The van der Waals surface area contributed by atoms with E-state index in [0.717, 1.165) is 11.1 Å². The number of benzene rings is 1. The molecule has 0 aliphatic carbocycles. The van der Waals surface area contributed by atoms with Crippen LogP contribution in [0.15, 0.2) is 23.3 Å². The second kappa shape index (κ2) is 7.18. The smallest absolute Gasteiger partial charge is 0.274 e. The highest BCUT2D eigenvalue weighted by molar-refractivity contribution is 7.80. The lowest BCUT2D eigenvalue weighted by Crippen LogP contribution is -2.46. The summed E-state index contributed by atoms with van der Waals surface area (Å²) >= 11 is 4.95. The van der Waals surface area contributed by atoms with Gasteiger partial charge in [0, 0.05) is 11.2 Å². The Morgan fingerprint density at radius 2 is 1.96 bits per heavy atom. The van der Waals surface area contributed by atoms with E-state index in [2.05, 4.69) is 26.5 Å². The molecule has 1 atom stereocenters. The molecule has 1 unspecified atom stereocenters. The molecule has 1 aromatic rings. The van der Waals surface area contributed by atoms with E-state index in [0.29, 0.717) is 5.69 Å². The number of anilines is 1. The molecule has 4 N–H and O–H groups in total. The molecule has 0 bridgehead atoms. The van der Waals surface area contributed by atoms with Crippen molar-refractivity contribution in [1.82, 2.24) is 16.1 Å². The summed E-state index contributed by atoms with van der Waals surface area (Å²) in [6, 6.07) is 4.69. The van der Waals surface area contributed by atoms with Crippen LogP contribution in [0.5, 0.6) is 0 Å². The summed E-state index contributed by atoms with van der Waals surface area (Å²) in [5.41, 5.74) is 5.24. The van der Waals surface area contributed by atoms with Gasteiger partial charge in [0.2, 0.25) is 0 Å². The van der Waals surface area contributed by atoms with E-state index in [1.54, 1.807) is 0 Å². The maximum absolute atomic E-state index is 12.8. The predicted molar refractivity (Wildman–Crippen MR) is 103 cm³/mol. The summed E-state index contributed by atoms with van der Waals surface area (Å²) < 4.78 is 0. The molecule has 0 saturated carbocycles. The minimum atomic E-state index is -0.938. The topological polar surface area (TPSA) is 94.6 Å². The van der Waals surface area contributed by atoms with Crippen LogP contribution in [0.1, 0.15) is 31.9 Å². The Morgan fingerprint density at radius 3 is 2.52 bits per heavy atom. The Bertz CT molecular complexity index is 752. The second-order valence-electron chi connectivity index (χ2n) is 6.96. The summed E-state index contributed by atoms with van der Waals surface area (Å²) in [7, 11) is 0. The van der Waals surface area contributed by atoms with E-state index in [4.69, 9.17) is 12.2 Å². The van der Waals surface area contributed by atoms with E-state index in [9.17, 15) is 9.59 Å². The van der Waals surface area contributed by atoms with Gasteiger partial charge in [-0.15, -0.1) is 0 Å². The number of carbonyl (C=O) groups excluding carboxylic acids is 2. The number of aryl methyl sites for hydroxylation is 1. The minimum absolute atomic E-state index is 0.0215. The summed E-state index contributed by atoms with van der Waals surface area (Å²) in [4.78, 5) is 24.9. The molecule has 0 aromatic heterocycles. The molecule has 1 aliphatic heterocycles. The number of carbonyl (C=O) groups is 2. The summed E-state index contributed by atoms with van der Waals surface area (Å²) in [5, 5.41) is 12.4. The molecule has 1 aromatic carbocycles. The van der Waals surface area contributed by atoms with Crippen LogP contribution in [-0.4, -0.2) is 34.2 Å². The van der Waals surface area contributed by atoms with Crippen molar-refractivity contribution in [1.29, 1.82) is 0 Å². The highest BCUT2D eigenvalue weighted by Gasteiger charge is 2.36. The van der Waals surface area contributed by atoms with E-state index in [1.165, 1.54) is 0 Å². The third-order valence-electron chi connectivity index (χ3n) is 3.65. The fourth-order valence-corrected chi connectivity index (χ4v) is 2.37. The fourth-order valence-electron chi connectivity index (χ4n) is 2.16. The summed E-state index contributed by atoms with van der Waals surface area (Å²) in [6.07, 6.45) is 0. The predicted octanol–water partition coefficient (Wildman–Crippen LogP) is 1.36. The van der Waals surface area contributed by atoms with Gasteiger partial charge in [0.15, 0.2) is 16.9 Å². The van der Waals surface area contributed by atoms with Crippen LogP contribution >= 0.6 is 12.2 Å². The molecular formula is C17H23N5O2S.